The van der Waals surface area contributed by atoms with Crippen molar-refractivity contribution in [2.24, 2.45) is 0 Å². The van der Waals surface area contributed by atoms with E-state index in [1.165, 1.54) is 13.2 Å². The quantitative estimate of drug-likeness (QED) is 0.590. The lowest BCUT2D eigenvalue weighted by Crippen LogP contribution is -2.11. The molecule has 0 aliphatic rings. The molecule has 0 aliphatic carbocycles. The second-order valence-electron chi connectivity index (χ2n) is 3.31. The van der Waals surface area contributed by atoms with Crippen molar-refractivity contribution in [2.45, 2.75) is 19.8 Å². The standard InChI is InChI=1S/C11H12F2INO3/c1-3-18-8(16)5-6-4-7(17-2)15-10(9(6)14)11(12)13/h4,11H,3,5H2,1-2H3. The molecule has 1 heterocycles. The Hall–Kier alpha value is -0.990. The molecule has 0 atom stereocenters. The number of halogens is 3. The first kappa shape index (κ1) is 15.1. The van der Waals surface area contributed by atoms with E-state index >= 15 is 0 Å². The lowest BCUT2D eigenvalue weighted by molar-refractivity contribution is -0.142. The highest BCUT2D eigenvalue weighted by molar-refractivity contribution is 14.1. The molecular weight excluding hydrogens is 359 g/mol. The number of pyridine rings is 1. The summed E-state index contributed by atoms with van der Waals surface area (Å²) in [5.41, 5.74) is 0.0467. The van der Waals surface area contributed by atoms with E-state index in [1.807, 2.05) is 0 Å². The van der Waals surface area contributed by atoms with E-state index in [1.54, 1.807) is 29.5 Å². The van der Waals surface area contributed by atoms with E-state index in [4.69, 9.17) is 9.47 Å². The third-order valence-corrected chi connectivity index (χ3v) is 3.34. The number of ether oxygens (including phenoxy) is 2. The molecule has 0 saturated heterocycles. The first-order valence-corrected chi connectivity index (χ1v) is 6.24. The van der Waals surface area contributed by atoms with Crippen LogP contribution >= 0.6 is 22.6 Å². The molecule has 0 amide bonds. The molecule has 0 spiro atoms. The van der Waals surface area contributed by atoms with Crippen LogP contribution in [0.3, 0.4) is 0 Å². The van der Waals surface area contributed by atoms with Crippen LogP contribution in [-0.4, -0.2) is 24.7 Å². The fraction of sp³-hybridized carbons (Fsp3) is 0.455. The van der Waals surface area contributed by atoms with Crippen LogP contribution in [0.5, 0.6) is 5.88 Å². The van der Waals surface area contributed by atoms with Gasteiger partial charge < -0.3 is 9.47 Å². The summed E-state index contributed by atoms with van der Waals surface area (Å²) in [5, 5.41) is 0. The Bertz CT molecular complexity index is 441. The minimum absolute atomic E-state index is 0.0602. The Kier molecular flexibility index (Phi) is 5.70. The van der Waals surface area contributed by atoms with E-state index in [0.29, 0.717) is 5.56 Å². The van der Waals surface area contributed by atoms with E-state index < -0.39 is 12.4 Å². The zero-order valence-electron chi connectivity index (χ0n) is 9.87. The van der Waals surface area contributed by atoms with Gasteiger partial charge in [-0.25, -0.2) is 13.8 Å². The average molecular weight is 371 g/mol. The average Bonchev–Trinajstić information content (AvgIpc) is 2.31. The number of esters is 1. The molecule has 1 rings (SSSR count). The minimum atomic E-state index is -2.71. The van der Waals surface area contributed by atoms with Gasteiger partial charge in [0.25, 0.3) is 6.43 Å². The number of hydrogen-bond acceptors (Lipinski definition) is 4. The van der Waals surface area contributed by atoms with E-state index in [0.717, 1.165) is 0 Å². The highest BCUT2D eigenvalue weighted by Crippen LogP contribution is 2.28. The van der Waals surface area contributed by atoms with Crippen LogP contribution in [-0.2, 0) is 16.0 Å². The van der Waals surface area contributed by atoms with Crippen LogP contribution in [0.25, 0.3) is 0 Å². The van der Waals surface area contributed by atoms with E-state index in [-0.39, 0.29) is 28.2 Å². The number of nitrogens with zero attached hydrogens (tertiary/aromatic N) is 1. The Morgan fingerprint density at radius 1 is 1.56 bits per heavy atom. The Morgan fingerprint density at radius 2 is 2.22 bits per heavy atom. The number of carbonyl (C=O) groups is 1. The van der Waals surface area contributed by atoms with Gasteiger partial charge in [0.1, 0.15) is 5.69 Å². The summed E-state index contributed by atoms with van der Waals surface area (Å²) >= 11 is 1.75. The fourth-order valence-corrected chi connectivity index (χ4v) is 2.02. The molecule has 1 aromatic rings. The molecule has 0 N–H and O–H groups in total. The molecule has 0 radical (unpaired) electrons. The van der Waals surface area contributed by atoms with Crippen LogP contribution in [0.1, 0.15) is 24.6 Å². The number of rotatable bonds is 5. The summed E-state index contributed by atoms with van der Waals surface area (Å²) < 4.78 is 35.4. The van der Waals surface area contributed by atoms with Gasteiger partial charge in [-0.05, 0) is 35.1 Å². The maximum Gasteiger partial charge on any atom is 0.310 e. The summed E-state index contributed by atoms with van der Waals surface area (Å²) in [6.07, 6.45) is -2.79. The van der Waals surface area contributed by atoms with Gasteiger partial charge in [0.05, 0.1) is 20.1 Å². The lowest BCUT2D eigenvalue weighted by Gasteiger charge is -2.11. The van der Waals surface area contributed by atoms with E-state index in [9.17, 15) is 13.6 Å². The van der Waals surface area contributed by atoms with Gasteiger partial charge in [-0.1, -0.05) is 0 Å². The molecule has 0 aromatic carbocycles. The van der Waals surface area contributed by atoms with Crippen molar-refractivity contribution in [3.05, 3.63) is 20.9 Å². The summed E-state index contributed by atoms with van der Waals surface area (Å²) in [5.74, 6) is -0.408. The normalized spacial score (nSPS) is 10.6. The van der Waals surface area contributed by atoms with Crippen LogP contribution in [0.4, 0.5) is 8.78 Å². The van der Waals surface area contributed by atoms with Crippen molar-refractivity contribution in [1.29, 1.82) is 0 Å². The zero-order valence-corrected chi connectivity index (χ0v) is 12.0. The van der Waals surface area contributed by atoms with Crippen molar-refractivity contribution in [3.63, 3.8) is 0 Å². The van der Waals surface area contributed by atoms with Crippen LogP contribution in [0, 0.1) is 3.57 Å². The lowest BCUT2D eigenvalue weighted by atomic mass is 10.1. The van der Waals surface area contributed by atoms with Crippen molar-refractivity contribution < 1.29 is 23.0 Å². The number of methoxy groups -OCH3 is 1. The molecule has 100 valence electrons. The van der Waals surface area contributed by atoms with Crippen LogP contribution in [0.2, 0.25) is 0 Å². The maximum absolute atomic E-state index is 12.8. The van der Waals surface area contributed by atoms with Gasteiger partial charge in [-0.3, -0.25) is 4.79 Å². The molecule has 7 heteroatoms. The van der Waals surface area contributed by atoms with Gasteiger partial charge in [-0.15, -0.1) is 0 Å². The molecule has 1 aromatic heterocycles. The van der Waals surface area contributed by atoms with Gasteiger partial charge in [0.15, 0.2) is 0 Å². The molecule has 18 heavy (non-hydrogen) atoms. The number of alkyl halides is 2. The third-order valence-electron chi connectivity index (χ3n) is 2.09. The van der Waals surface area contributed by atoms with Gasteiger partial charge in [0, 0.05) is 9.64 Å². The molecule has 0 saturated carbocycles. The Labute approximate surface area is 117 Å². The van der Waals surface area contributed by atoms with Gasteiger partial charge in [0.2, 0.25) is 5.88 Å². The highest BCUT2D eigenvalue weighted by atomic mass is 127. The monoisotopic (exact) mass is 371 g/mol. The Morgan fingerprint density at radius 3 is 2.72 bits per heavy atom. The van der Waals surface area contributed by atoms with Crippen LogP contribution in [0.15, 0.2) is 6.07 Å². The number of aromatic nitrogens is 1. The highest BCUT2D eigenvalue weighted by Gasteiger charge is 2.20. The fourth-order valence-electron chi connectivity index (χ4n) is 1.32. The second-order valence-corrected chi connectivity index (χ2v) is 4.38. The van der Waals surface area contributed by atoms with Crippen LogP contribution < -0.4 is 4.74 Å². The van der Waals surface area contributed by atoms with Gasteiger partial charge in [-0.2, -0.15) is 0 Å². The maximum atomic E-state index is 12.8. The smallest absolute Gasteiger partial charge is 0.310 e. The molecule has 4 nitrogen and oxygen atoms in total. The zero-order chi connectivity index (χ0) is 13.7. The molecule has 0 bridgehead atoms. The molecule has 0 unspecified atom stereocenters. The largest absolute Gasteiger partial charge is 0.481 e. The first-order valence-electron chi connectivity index (χ1n) is 5.16. The van der Waals surface area contributed by atoms with Crippen molar-refractivity contribution in [1.82, 2.24) is 4.98 Å². The third kappa shape index (κ3) is 3.76. The van der Waals surface area contributed by atoms with Crippen molar-refractivity contribution in [3.8, 4) is 5.88 Å². The van der Waals surface area contributed by atoms with Gasteiger partial charge >= 0.3 is 5.97 Å². The number of carbonyl (C=O) groups excluding carboxylic acids is 1. The summed E-state index contributed by atoms with van der Waals surface area (Å²) in [7, 11) is 1.33. The first-order chi connectivity index (χ1) is 8.49. The summed E-state index contributed by atoms with van der Waals surface area (Å²) in [4.78, 5) is 15.0. The minimum Gasteiger partial charge on any atom is -0.481 e. The molecule has 0 fully saturated rings. The van der Waals surface area contributed by atoms with E-state index in [2.05, 4.69) is 4.98 Å². The number of hydrogen-bond donors (Lipinski definition) is 0. The van der Waals surface area contributed by atoms with Crippen molar-refractivity contribution in [2.75, 3.05) is 13.7 Å². The SMILES string of the molecule is CCOC(=O)Cc1cc(OC)nc(C(F)F)c1I. The molecule has 0 aliphatic heterocycles. The topological polar surface area (TPSA) is 48.4 Å². The summed E-state index contributed by atoms with van der Waals surface area (Å²) in [6, 6.07) is 1.46. The summed E-state index contributed by atoms with van der Waals surface area (Å²) in [6.45, 7) is 1.93. The predicted molar refractivity (Wildman–Crippen MR) is 68.8 cm³/mol. The van der Waals surface area contributed by atoms with Crippen molar-refractivity contribution >= 4 is 28.6 Å². The Balaban J connectivity index is 3.09. The predicted octanol–water partition coefficient (Wildman–Crippen LogP) is 2.74. The second kappa shape index (κ2) is 6.81. The molecular formula is C11H12F2INO3.